The van der Waals surface area contributed by atoms with E-state index in [0.29, 0.717) is 13.0 Å². The highest BCUT2D eigenvalue weighted by molar-refractivity contribution is 7.99. The molecule has 2 heterocycles. The topological polar surface area (TPSA) is 54.9 Å². The Morgan fingerprint density at radius 3 is 2.64 bits per heavy atom. The van der Waals surface area contributed by atoms with Gasteiger partial charge in [-0.2, -0.15) is 0 Å². The molecule has 0 atom stereocenters. The second-order valence-electron chi connectivity index (χ2n) is 8.91. The van der Waals surface area contributed by atoms with E-state index in [1.165, 1.54) is 16.0 Å². The quantitative estimate of drug-likeness (QED) is 0.217. The van der Waals surface area contributed by atoms with E-state index in [2.05, 4.69) is 43.0 Å². The number of methoxy groups -OCH3 is 1. The van der Waals surface area contributed by atoms with Crippen LogP contribution in [0.25, 0.3) is 10.2 Å². The number of carbonyl (C=O) groups excluding carboxylic acids is 1. The van der Waals surface area contributed by atoms with Crippen molar-refractivity contribution in [2.75, 3.05) is 57.2 Å². The molecule has 1 aliphatic rings. The first kappa shape index (κ1) is 28.7. The highest BCUT2D eigenvalue weighted by atomic mass is 35.5. The van der Waals surface area contributed by atoms with Gasteiger partial charge in [0.25, 0.3) is 0 Å². The lowest BCUT2D eigenvalue weighted by Gasteiger charge is -2.27. The number of thioether (sulfide) groups is 1. The minimum atomic E-state index is 0. The van der Waals surface area contributed by atoms with Gasteiger partial charge in [0.15, 0.2) is 5.13 Å². The van der Waals surface area contributed by atoms with Crippen molar-refractivity contribution >= 4 is 56.8 Å². The van der Waals surface area contributed by atoms with Crippen molar-refractivity contribution in [1.29, 1.82) is 0 Å². The Kier molecular flexibility index (Phi) is 11.3. The number of benzene rings is 2. The average Bonchev–Trinajstić information content (AvgIpc) is 3.29. The molecule has 3 aromatic rings. The normalized spacial score (nSPS) is 14.0. The summed E-state index contributed by atoms with van der Waals surface area (Å²) in [6.07, 6.45) is 2.29. The molecule has 0 saturated carbocycles. The number of thiazole rings is 1. The molecule has 2 aromatic carbocycles. The first-order valence-electron chi connectivity index (χ1n) is 12.3. The number of nitrogens with zero attached hydrogens (tertiary/aromatic N) is 3. The lowest BCUT2D eigenvalue weighted by Crippen LogP contribution is -2.39. The molecule has 196 valence electrons. The lowest BCUT2D eigenvalue weighted by molar-refractivity contribution is -0.118. The first-order chi connectivity index (χ1) is 17.0. The molecular weight excluding hydrogens is 514 g/mol. The minimum absolute atomic E-state index is 0. The summed E-state index contributed by atoms with van der Waals surface area (Å²) in [5, 5.41) is 0.823. The Bertz CT molecular complexity index is 1120. The molecule has 4 rings (SSSR count). The third-order valence-corrected chi connectivity index (χ3v) is 8.30. The van der Waals surface area contributed by atoms with Gasteiger partial charge in [-0.05, 0) is 73.9 Å². The van der Waals surface area contributed by atoms with Gasteiger partial charge in [0.2, 0.25) is 5.91 Å². The Hall–Kier alpha value is -1.84. The van der Waals surface area contributed by atoms with Gasteiger partial charge in [-0.15, -0.1) is 24.2 Å². The number of hydrogen-bond acceptors (Lipinski definition) is 7. The van der Waals surface area contributed by atoms with E-state index in [4.69, 9.17) is 14.5 Å². The fourth-order valence-corrected chi connectivity index (χ4v) is 6.34. The van der Waals surface area contributed by atoms with Crippen molar-refractivity contribution in [3.05, 3.63) is 47.5 Å². The maximum atomic E-state index is 13.4. The number of halogens is 1. The zero-order chi connectivity index (χ0) is 24.6. The van der Waals surface area contributed by atoms with Gasteiger partial charge in [-0.1, -0.05) is 17.4 Å². The summed E-state index contributed by atoms with van der Waals surface area (Å²) in [6.45, 7) is 9.41. The number of anilines is 1. The van der Waals surface area contributed by atoms with Crippen LogP contribution in [0.4, 0.5) is 5.13 Å². The molecule has 0 aliphatic carbocycles. The largest absolute Gasteiger partial charge is 0.497 e. The monoisotopic (exact) mass is 549 g/mol. The van der Waals surface area contributed by atoms with E-state index >= 15 is 0 Å². The molecule has 1 saturated heterocycles. The molecule has 1 aliphatic heterocycles. The van der Waals surface area contributed by atoms with Crippen molar-refractivity contribution in [2.45, 2.75) is 38.0 Å². The van der Waals surface area contributed by atoms with E-state index < -0.39 is 0 Å². The van der Waals surface area contributed by atoms with Crippen molar-refractivity contribution in [2.24, 2.45) is 0 Å². The zero-order valence-electron chi connectivity index (χ0n) is 21.3. The number of rotatable bonds is 11. The van der Waals surface area contributed by atoms with Crippen LogP contribution in [0.15, 0.2) is 41.3 Å². The number of aryl methyl sites for hydroxylation is 2. The highest BCUT2D eigenvalue weighted by Gasteiger charge is 2.21. The molecule has 0 radical (unpaired) electrons. The molecule has 1 amide bonds. The van der Waals surface area contributed by atoms with Crippen molar-refractivity contribution in [1.82, 2.24) is 9.88 Å². The number of fused-ring (bicyclic) bond motifs is 1. The SMILES string of the molecule is COc1ccc(SCCCC(=O)N(CCCN2CCOCC2)c2nc3c(C)cc(C)cc3s2)cc1.Cl. The van der Waals surface area contributed by atoms with Crippen LogP contribution in [-0.4, -0.2) is 68.0 Å². The van der Waals surface area contributed by atoms with E-state index in [1.807, 2.05) is 17.0 Å². The number of amides is 1. The van der Waals surface area contributed by atoms with Crippen LogP contribution in [0.1, 0.15) is 30.4 Å². The second-order valence-corrected chi connectivity index (χ2v) is 11.1. The van der Waals surface area contributed by atoms with Crippen molar-refractivity contribution < 1.29 is 14.3 Å². The van der Waals surface area contributed by atoms with Gasteiger partial charge in [0.1, 0.15) is 5.75 Å². The summed E-state index contributed by atoms with van der Waals surface area (Å²) in [5.41, 5.74) is 3.40. The van der Waals surface area contributed by atoms with E-state index in [0.717, 1.165) is 72.5 Å². The lowest BCUT2D eigenvalue weighted by atomic mass is 10.1. The summed E-state index contributed by atoms with van der Waals surface area (Å²) in [5.74, 6) is 1.92. The van der Waals surface area contributed by atoms with Crippen LogP contribution in [0.2, 0.25) is 0 Å². The smallest absolute Gasteiger partial charge is 0.228 e. The summed E-state index contributed by atoms with van der Waals surface area (Å²) in [7, 11) is 1.67. The van der Waals surface area contributed by atoms with Crippen LogP contribution >= 0.6 is 35.5 Å². The Morgan fingerprint density at radius 1 is 1.17 bits per heavy atom. The van der Waals surface area contributed by atoms with Gasteiger partial charge in [-0.3, -0.25) is 14.6 Å². The van der Waals surface area contributed by atoms with Crippen LogP contribution < -0.4 is 9.64 Å². The minimum Gasteiger partial charge on any atom is -0.497 e. The molecule has 0 unspecified atom stereocenters. The summed E-state index contributed by atoms with van der Waals surface area (Å²) in [4.78, 5) is 23.8. The number of morpholine rings is 1. The highest BCUT2D eigenvalue weighted by Crippen LogP contribution is 2.32. The molecule has 1 fully saturated rings. The van der Waals surface area contributed by atoms with Gasteiger partial charge in [-0.25, -0.2) is 4.98 Å². The zero-order valence-corrected chi connectivity index (χ0v) is 23.8. The predicted molar refractivity (Wildman–Crippen MR) is 154 cm³/mol. The number of carbonyl (C=O) groups is 1. The second kappa shape index (κ2) is 14.2. The van der Waals surface area contributed by atoms with Crippen LogP contribution in [-0.2, 0) is 9.53 Å². The standard InChI is InChI=1S/C27H35N3O3S2.ClH/c1-20-18-21(2)26-24(19-20)35-27(28-26)30(12-5-11-29-13-15-33-16-14-29)25(31)6-4-17-34-23-9-7-22(32-3)8-10-23;/h7-10,18-19H,4-6,11-17H2,1-3H3;1H. The van der Waals surface area contributed by atoms with Gasteiger partial charge in [0, 0.05) is 37.5 Å². The van der Waals surface area contributed by atoms with Crippen LogP contribution in [0.5, 0.6) is 5.75 Å². The van der Waals surface area contributed by atoms with E-state index in [9.17, 15) is 4.79 Å². The Morgan fingerprint density at radius 2 is 1.92 bits per heavy atom. The molecule has 9 heteroatoms. The van der Waals surface area contributed by atoms with Gasteiger partial charge in [0.05, 0.1) is 30.5 Å². The van der Waals surface area contributed by atoms with E-state index in [1.54, 1.807) is 30.2 Å². The maximum Gasteiger partial charge on any atom is 0.228 e. The predicted octanol–water partition coefficient (Wildman–Crippen LogP) is 5.97. The molecule has 36 heavy (non-hydrogen) atoms. The van der Waals surface area contributed by atoms with Crippen molar-refractivity contribution in [3.63, 3.8) is 0 Å². The summed E-state index contributed by atoms with van der Waals surface area (Å²) < 4.78 is 11.8. The molecular formula is C27H36ClN3O3S2. The molecule has 0 N–H and O–H groups in total. The number of ether oxygens (including phenoxy) is 2. The summed E-state index contributed by atoms with van der Waals surface area (Å²) >= 11 is 3.41. The maximum absolute atomic E-state index is 13.4. The van der Waals surface area contributed by atoms with Gasteiger partial charge < -0.3 is 9.47 Å². The van der Waals surface area contributed by atoms with Crippen LogP contribution in [0.3, 0.4) is 0 Å². The average molecular weight is 550 g/mol. The molecule has 0 spiro atoms. The van der Waals surface area contributed by atoms with Crippen LogP contribution in [0, 0.1) is 13.8 Å². The van der Waals surface area contributed by atoms with E-state index in [-0.39, 0.29) is 18.3 Å². The number of hydrogen-bond donors (Lipinski definition) is 0. The molecule has 6 nitrogen and oxygen atoms in total. The van der Waals surface area contributed by atoms with Gasteiger partial charge >= 0.3 is 0 Å². The summed E-state index contributed by atoms with van der Waals surface area (Å²) in [6, 6.07) is 12.4. The fourth-order valence-electron chi connectivity index (χ4n) is 4.30. The molecule has 0 bridgehead atoms. The first-order valence-corrected chi connectivity index (χ1v) is 14.1. The Balaban J connectivity index is 0.00000361. The van der Waals surface area contributed by atoms with Crippen molar-refractivity contribution in [3.8, 4) is 5.75 Å². The number of aromatic nitrogens is 1. The Labute approximate surface area is 228 Å². The third-order valence-electron chi connectivity index (χ3n) is 6.17. The third kappa shape index (κ3) is 7.83. The fraction of sp³-hybridized carbons (Fsp3) is 0.481. The molecule has 1 aromatic heterocycles.